The minimum absolute atomic E-state index is 0.0262. The molecule has 28 heavy (non-hydrogen) atoms. The normalized spacial score (nSPS) is 14.4. The summed E-state index contributed by atoms with van der Waals surface area (Å²) in [5.41, 5.74) is 4.95. The van der Waals surface area contributed by atoms with Gasteiger partial charge in [0.15, 0.2) is 0 Å². The Bertz CT molecular complexity index is 915. The minimum atomic E-state index is -0.861. The molecule has 0 bridgehead atoms. The molecular formula is C24H27NO3. The van der Waals surface area contributed by atoms with Gasteiger partial charge in [-0.05, 0) is 60.9 Å². The monoisotopic (exact) mass is 377 g/mol. The first-order chi connectivity index (χ1) is 13.5. The van der Waals surface area contributed by atoms with E-state index in [1.54, 1.807) is 18.3 Å². The van der Waals surface area contributed by atoms with Crippen LogP contribution in [0.3, 0.4) is 0 Å². The number of nitrogens with zero attached hydrogens (tertiary/aromatic N) is 1. The van der Waals surface area contributed by atoms with E-state index in [0.29, 0.717) is 11.3 Å². The fourth-order valence-electron chi connectivity index (χ4n) is 3.95. The van der Waals surface area contributed by atoms with E-state index in [-0.39, 0.29) is 11.8 Å². The van der Waals surface area contributed by atoms with E-state index in [4.69, 9.17) is 9.84 Å². The van der Waals surface area contributed by atoms with Crippen LogP contribution in [-0.4, -0.2) is 22.7 Å². The first-order valence-electron chi connectivity index (χ1n) is 10.00. The van der Waals surface area contributed by atoms with Crippen LogP contribution >= 0.6 is 0 Å². The third-order valence-electron chi connectivity index (χ3n) is 5.85. The van der Waals surface area contributed by atoms with E-state index in [2.05, 4.69) is 49.7 Å². The van der Waals surface area contributed by atoms with E-state index in [0.717, 1.165) is 43.6 Å². The maximum Gasteiger partial charge on any atom is 0.307 e. The van der Waals surface area contributed by atoms with Gasteiger partial charge >= 0.3 is 5.97 Å². The average Bonchev–Trinajstić information content (AvgIpc) is 2.71. The van der Waals surface area contributed by atoms with E-state index in [1.165, 1.54) is 11.1 Å². The lowest BCUT2D eigenvalue weighted by Gasteiger charge is -2.38. The SMILES string of the molecule is CCc1cc2c(cc1C#Cc1ccc(CC(=O)O)cn1)C(CC)(CC)CCO2. The molecule has 1 N–H and O–H groups in total. The van der Waals surface area contributed by atoms with Crippen molar-refractivity contribution in [3.8, 4) is 17.6 Å². The summed E-state index contributed by atoms with van der Waals surface area (Å²) in [6.07, 6.45) is 5.66. The highest BCUT2D eigenvalue weighted by Gasteiger charge is 2.35. The fraction of sp³-hybridized carbons (Fsp3) is 0.417. The van der Waals surface area contributed by atoms with Crippen LogP contribution in [-0.2, 0) is 23.1 Å². The smallest absolute Gasteiger partial charge is 0.307 e. The summed E-state index contributed by atoms with van der Waals surface area (Å²) >= 11 is 0. The summed E-state index contributed by atoms with van der Waals surface area (Å²) in [5, 5.41) is 8.86. The molecule has 0 atom stereocenters. The summed E-state index contributed by atoms with van der Waals surface area (Å²) in [4.78, 5) is 15.1. The van der Waals surface area contributed by atoms with Crippen LogP contribution in [0.1, 0.15) is 68.0 Å². The molecule has 4 heteroatoms. The molecule has 146 valence electrons. The number of aliphatic carboxylic acids is 1. The van der Waals surface area contributed by atoms with Gasteiger partial charge in [0.1, 0.15) is 11.4 Å². The van der Waals surface area contributed by atoms with Crippen LogP contribution in [0.25, 0.3) is 0 Å². The van der Waals surface area contributed by atoms with E-state index in [1.807, 2.05) is 0 Å². The molecule has 0 saturated carbocycles. The Balaban J connectivity index is 1.97. The molecule has 1 aromatic carbocycles. The molecule has 4 nitrogen and oxygen atoms in total. The van der Waals surface area contributed by atoms with Gasteiger partial charge in [0.2, 0.25) is 0 Å². The molecule has 1 aromatic heterocycles. The molecule has 2 aromatic rings. The number of aromatic nitrogens is 1. The zero-order valence-corrected chi connectivity index (χ0v) is 16.8. The number of rotatable bonds is 5. The van der Waals surface area contributed by atoms with E-state index in [9.17, 15) is 4.79 Å². The van der Waals surface area contributed by atoms with Gasteiger partial charge in [-0.25, -0.2) is 4.98 Å². The predicted molar refractivity (Wildman–Crippen MR) is 110 cm³/mol. The standard InChI is InChI=1S/C24H27NO3/c1-4-18-15-22-21(24(5-2,6-3)11-12-28-22)14-19(18)8-10-20-9-7-17(16-25-20)13-23(26)27/h7,9,14-16H,4-6,11-13H2,1-3H3,(H,26,27). The summed E-state index contributed by atoms with van der Waals surface area (Å²) in [6.45, 7) is 7.40. The van der Waals surface area contributed by atoms with Crippen LogP contribution in [0.5, 0.6) is 5.75 Å². The lowest BCUT2D eigenvalue weighted by atomic mass is 9.71. The second kappa shape index (κ2) is 8.48. The van der Waals surface area contributed by atoms with Crippen LogP contribution in [0.15, 0.2) is 30.5 Å². The molecule has 0 radical (unpaired) electrons. The van der Waals surface area contributed by atoms with Crippen molar-refractivity contribution in [1.82, 2.24) is 4.98 Å². The Morgan fingerprint density at radius 3 is 2.61 bits per heavy atom. The maximum absolute atomic E-state index is 10.8. The van der Waals surface area contributed by atoms with Gasteiger partial charge in [-0.15, -0.1) is 0 Å². The molecule has 3 rings (SSSR count). The number of pyridine rings is 1. The Kier molecular flexibility index (Phi) is 6.04. The van der Waals surface area contributed by atoms with Crippen LogP contribution < -0.4 is 4.74 Å². The van der Waals surface area contributed by atoms with Crippen LogP contribution in [0.4, 0.5) is 0 Å². The molecule has 1 aliphatic rings. The van der Waals surface area contributed by atoms with Gasteiger partial charge in [0.05, 0.1) is 13.0 Å². The number of aryl methyl sites for hydroxylation is 1. The molecular weight excluding hydrogens is 350 g/mol. The number of carboxylic acids is 1. The number of fused-ring (bicyclic) bond motifs is 1. The van der Waals surface area contributed by atoms with Crippen molar-refractivity contribution < 1.29 is 14.6 Å². The Hall–Kier alpha value is -2.80. The minimum Gasteiger partial charge on any atom is -0.493 e. The van der Waals surface area contributed by atoms with Gasteiger partial charge in [-0.1, -0.05) is 32.8 Å². The van der Waals surface area contributed by atoms with Crippen molar-refractivity contribution in [2.45, 2.75) is 58.3 Å². The highest BCUT2D eigenvalue weighted by Crippen LogP contribution is 2.44. The first kappa shape index (κ1) is 19.9. The molecule has 0 spiro atoms. The Morgan fingerprint density at radius 1 is 1.21 bits per heavy atom. The number of benzene rings is 1. The molecule has 0 unspecified atom stereocenters. The average molecular weight is 377 g/mol. The summed E-state index contributed by atoms with van der Waals surface area (Å²) in [6, 6.07) is 7.92. The lowest BCUT2D eigenvalue weighted by Crippen LogP contribution is -2.32. The quantitative estimate of drug-likeness (QED) is 0.779. The van der Waals surface area contributed by atoms with E-state index < -0.39 is 5.97 Å². The van der Waals surface area contributed by atoms with Crippen molar-refractivity contribution in [3.63, 3.8) is 0 Å². The Morgan fingerprint density at radius 2 is 2.00 bits per heavy atom. The number of ether oxygens (including phenoxy) is 1. The molecule has 0 aliphatic carbocycles. The van der Waals surface area contributed by atoms with Crippen LogP contribution in [0, 0.1) is 11.8 Å². The van der Waals surface area contributed by atoms with Crippen molar-refractivity contribution in [1.29, 1.82) is 0 Å². The van der Waals surface area contributed by atoms with Gasteiger partial charge in [-0.3, -0.25) is 4.79 Å². The summed E-state index contributed by atoms with van der Waals surface area (Å²) < 4.78 is 5.98. The van der Waals surface area contributed by atoms with Crippen molar-refractivity contribution in [2.75, 3.05) is 6.61 Å². The van der Waals surface area contributed by atoms with Gasteiger partial charge in [0.25, 0.3) is 0 Å². The molecule has 0 fully saturated rings. The third-order valence-corrected chi connectivity index (χ3v) is 5.85. The Labute approximate surface area is 167 Å². The second-order valence-electron chi connectivity index (χ2n) is 7.32. The van der Waals surface area contributed by atoms with Gasteiger partial charge in [-0.2, -0.15) is 0 Å². The number of hydrogen-bond donors (Lipinski definition) is 1. The fourth-order valence-corrected chi connectivity index (χ4v) is 3.95. The van der Waals surface area contributed by atoms with Gasteiger partial charge in [0, 0.05) is 22.7 Å². The zero-order chi connectivity index (χ0) is 20.1. The van der Waals surface area contributed by atoms with Crippen molar-refractivity contribution in [3.05, 3.63) is 58.4 Å². The highest BCUT2D eigenvalue weighted by atomic mass is 16.5. The van der Waals surface area contributed by atoms with Crippen LogP contribution in [0.2, 0.25) is 0 Å². The maximum atomic E-state index is 10.8. The second-order valence-corrected chi connectivity index (χ2v) is 7.32. The molecule has 2 heterocycles. The molecule has 0 saturated heterocycles. The zero-order valence-electron chi connectivity index (χ0n) is 16.8. The largest absolute Gasteiger partial charge is 0.493 e. The molecule has 0 amide bonds. The number of hydrogen-bond acceptors (Lipinski definition) is 3. The first-order valence-corrected chi connectivity index (χ1v) is 10.00. The summed E-state index contributed by atoms with van der Waals surface area (Å²) in [7, 11) is 0. The van der Waals surface area contributed by atoms with Gasteiger partial charge < -0.3 is 9.84 Å². The topological polar surface area (TPSA) is 59.4 Å². The summed E-state index contributed by atoms with van der Waals surface area (Å²) in [5.74, 6) is 6.58. The number of carboxylic acid groups (broad SMARTS) is 1. The van der Waals surface area contributed by atoms with E-state index >= 15 is 0 Å². The molecule has 1 aliphatic heterocycles. The number of carbonyl (C=O) groups is 1. The predicted octanol–water partition coefficient (Wildman–Crippen LogP) is 4.51. The van der Waals surface area contributed by atoms with Crippen molar-refractivity contribution in [2.24, 2.45) is 0 Å². The lowest BCUT2D eigenvalue weighted by molar-refractivity contribution is -0.136. The van der Waals surface area contributed by atoms with Crippen molar-refractivity contribution >= 4 is 5.97 Å². The third kappa shape index (κ3) is 4.04. The highest BCUT2D eigenvalue weighted by molar-refractivity contribution is 5.70.